The molecule has 94 valence electrons. The Balaban J connectivity index is 2.19. The second kappa shape index (κ2) is 4.74. The van der Waals surface area contributed by atoms with E-state index in [9.17, 15) is 0 Å². The summed E-state index contributed by atoms with van der Waals surface area (Å²) in [6.45, 7) is 1.95. The highest BCUT2D eigenvalue weighted by Crippen LogP contribution is 2.21. The minimum absolute atomic E-state index is 0.0952. The molecule has 0 aliphatic rings. The van der Waals surface area contributed by atoms with Crippen molar-refractivity contribution in [2.75, 3.05) is 0 Å². The maximum absolute atomic E-state index is 9.12. The van der Waals surface area contributed by atoms with Gasteiger partial charge in [-0.25, -0.2) is 15.0 Å². The highest BCUT2D eigenvalue weighted by molar-refractivity contribution is 5.84. The summed E-state index contributed by atoms with van der Waals surface area (Å²) < 4.78 is 0. The van der Waals surface area contributed by atoms with Crippen LogP contribution >= 0.6 is 0 Å². The monoisotopic (exact) mass is 251 g/mol. The van der Waals surface area contributed by atoms with Gasteiger partial charge in [-0.1, -0.05) is 18.2 Å². The number of aromatic nitrogens is 3. The van der Waals surface area contributed by atoms with Crippen LogP contribution in [0.25, 0.3) is 22.4 Å². The van der Waals surface area contributed by atoms with Crippen molar-refractivity contribution in [3.05, 3.63) is 53.9 Å². The molecule has 0 atom stereocenters. The first-order chi connectivity index (χ1) is 9.28. The van der Waals surface area contributed by atoms with E-state index in [-0.39, 0.29) is 6.61 Å². The lowest BCUT2D eigenvalue weighted by Gasteiger charge is -2.06. The van der Waals surface area contributed by atoms with Crippen LogP contribution in [0.2, 0.25) is 0 Å². The van der Waals surface area contributed by atoms with E-state index in [1.54, 1.807) is 12.3 Å². The third-order valence-electron chi connectivity index (χ3n) is 3.03. The van der Waals surface area contributed by atoms with Crippen molar-refractivity contribution in [3.8, 4) is 11.5 Å². The van der Waals surface area contributed by atoms with Gasteiger partial charge < -0.3 is 5.11 Å². The second-order valence-electron chi connectivity index (χ2n) is 4.37. The number of aliphatic hydroxyl groups excluding tert-OH is 1. The maximum Gasteiger partial charge on any atom is 0.178 e. The van der Waals surface area contributed by atoms with Gasteiger partial charge in [0.2, 0.25) is 0 Å². The third kappa shape index (κ3) is 2.18. The molecule has 4 heteroatoms. The minimum atomic E-state index is -0.0952. The van der Waals surface area contributed by atoms with Crippen molar-refractivity contribution in [3.63, 3.8) is 0 Å². The number of aryl methyl sites for hydroxylation is 1. The quantitative estimate of drug-likeness (QED) is 0.760. The molecule has 0 fully saturated rings. The summed E-state index contributed by atoms with van der Waals surface area (Å²) in [7, 11) is 0. The lowest BCUT2D eigenvalue weighted by atomic mass is 10.1. The third-order valence-corrected chi connectivity index (χ3v) is 3.03. The van der Waals surface area contributed by atoms with E-state index in [0.29, 0.717) is 11.5 Å². The average Bonchev–Trinajstić information content (AvgIpc) is 2.47. The molecule has 3 aromatic rings. The predicted octanol–water partition coefficient (Wildman–Crippen LogP) is 2.49. The van der Waals surface area contributed by atoms with E-state index in [1.807, 2.05) is 37.3 Å². The smallest absolute Gasteiger partial charge is 0.178 e. The fraction of sp³-hybridized carbons (Fsp3) is 0.133. The van der Waals surface area contributed by atoms with Crippen LogP contribution in [0.5, 0.6) is 0 Å². The number of hydrogen-bond donors (Lipinski definition) is 1. The van der Waals surface area contributed by atoms with E-state index >= 15 is 0 Å². The molecule has 2 aromatic heterocycles. The Bertz CT molecular complexity index is 740. The number of nitrogens with zero attached hydrogens (tertiary/aromatic N) is 3. The standard InChI is InChI=1S/C15H13N3O/c1-10-8-14(15-16-7-6-11(9-19)17-15)18-13-5-3-2-4-12(10)13/h2-8,19H,9H2,1H3. The van der Waals surface area contributed by atoms with E-state index < -0.39 is 0 Å². The Kier molecular flexibility index (Phi) is 2.93. The largest absolute Gasteiger partial charge is 0.390 e. The van der Waals surface area contributed by atoms with Gasteiger partial charge in [0.25, 0.3) is 0 Å². The number of benzene rings is 1. The van der Waals surface area contributed by atoms with Crippen molar-refractivity contribution in [1.29, 1.82) is 0 Å². The first kappa shape index (κ1) is 11.7. The van der Waals surface area contributed by atoms with Crippen LogP contribution in [0.4, 0.5) is 0 Å². The molecule has 2 heterocycles. The lowest BCUT2D eigenvalue weighted by Crippen LogP contribution is -1.97. The van der Waals surface area contributed by atoms with Crippen LogP contribution in [0.15, 0.2) is 42.6 Å². The number of para-hydroxylation sites is 1. The molecule has 0 saturated heterocycles. The van der Waals surface area contributed by atoms with Crippen LogP contribution in [0.3, 0.4) is 0 Å². The Labute approximate surface area is 110 Å². The molecule has 0 amide bonds. The first-order valence-electron chi connectivity index (χ1n) is 6.07. The molecule has 0 saturated carbocycles. The van der Waals surface area contributed by atoms with Crippen LogP contribution in [0.1, 0.15) is 11.3 Å². The summed E-state index contributed by atoms with van der Waals surface area (Å²) in [6.07, 6.45) is 1.64. The number of pyridine rings is 1. The van der Waals surface area contributed by atoms with Crippen molar-refractivity contribution >= 4 is 10.9 Å². The molecule has 19 heavy (non-hydrogen) atoms. The van der Waals surface area contributed by atoms with Gasteiger partial charge in [-0.3, -0.25) is 0 Å². The van der Waals surface area contributed by atoms with E-state index in [0.717, 1.165) is 22.2 Å². The zero-order valence-corrected chi connectivity index (χ0v) is 10.5. The van der Waals surface area contributed by atoms with Crippen molar-refractivity contribution in [1.82, 2.24) is 15.0 Å². The predicted molar refractivity (Wildman–Crippen MR) is 73.4 cm³/mol. The van der Waals surface area contributed by atoms with Gasteiger partial charge in [0.1, 0.15) is 5.69 Å². The Morgan fingerprint density at radius 1 is 1.11 bits per heavy atom. The molecule has 3 rings (SSSR count). The van der Waals surface area contributed by atoms with Gasteiger partial charge in [0, 0.05) is 11.6 Å². The molecule has 0 unspecified atom stereocenters. The average molecular weight is 251 g/mol. The topological polar surface area (TPSA) is 58.9 Å². The molecule has 0 bridgehead atoms. The Hall–Kier alpha value is -2.33. The second-order valence-corrected chi connectivity index (χ2v) is 4.37. The molecule has 0 spiro atoms. The van der Waals surface area contributed by atoms with Crippen molar-refractivity contribution < 1.29 is 5.11 Å². The molecule has 0 radical (unpaired) electrons. The molecule has 1 aromatic carbocycles. The molecule has 0 aliphatic carbocycles. The molecule has 0 aliphatic heterocycles. The molecular formula is C15H13N3O. The highest BCUT2D eigenvalue weighted by Gasteiger charge is 2.07. The van der Waals surface area contributed by atoms with E-state index in [2.05, 4.69) is 15.0 Å². The van der Waals surface area contributed by atoms with Gasteiger partial charge in [-0.2, -0.15) is 0 Å². The van der Waals surface area contributed by atoms with E-state index in [1.165, 1.54) is 0 Å². The van der Waals surface area contributed by atoms with Crippen LogP contribution in [-0.4, -0.2) is 20.1 Å². The summed E-state index contributed by atoms with van der Waals surface area (Å²) in [4.78, 5) is 13.1. The van der Waals surface area contributed by atoms with Gasteiger partial charge in [0.15, 0.2) is 5.82 Å². The Morgan fingerprint density at radius 3 is 2.79 bits per heavy atom. The van der Waals surface area contributed by atoms with E-state index in [4.69, 9.17) is 5.11 Å². The normalized spacial score (nSPS) is 10.8. The number of rotatable bonds is 2. The number of fused-ring (bicyclic) bond motifs is 1. The lowest BCUT2D eigenvalue weighted by molar-refractivity contribution is 0.277. The summed E-state index contributed by atoms with van der Waals surface area (Å²) in [5.74, 6) is 0.542. The summed E-state index contributed by atoms with van der Waals surface area (Å²) in [6, 6.07) is 11.6. The minimum Gasteiger partial charge on any atom is -0.390 e. The molecule has 4 nitrogen and oxygen atoms in total. The van der Waals surface area contributed by atoms with Gasteiger partial charge >= 0.3 is 0 Å². The molecule has 1 N–H and O–H groups in total. The zero-order chi connectivity index (χ0) is 13.2. The van der Waals surface area contributed by atoms with Gasteiger partial charge in [0.05, 0.1) is 17.8 Å². The van der Waals surface area contributed by atoms with Crippen LogP contribution < -0.4 is 0 Å². The van der Waals surface area contributed by atoms with Gasteiger partial charge in [-0.15, -0.1) is 0 Å². The summed E-state index contributed by atoms with van der Waals surface area (Å²) in [5.41, 5.74) is 3.39. The number of hydrogen-bond acceptors (Lipinski definition) is 4. The number of aliphatic hydroxyl groups is 1. The summed E-state index contributed by atoms with van der Waals surface area (Å²) in [5, 5.41) is 10.3. The Morgan fingerprint density at radius 2 is 1.95 bits per heavy atom. The molecular weight excluding hydrogens is 238 g/mol. The van der Waals surface area contributed by atoms with Crippen molar-refractivity contribution in [2.45, 2.75) is 13.5 Å². The van der Waals surface area contributed by atoms with Crippen LogP contribution in [0, 0.1) is 6.92 Å². The fourth-order valence-electron chi connectivity index (χ4n) is 2.07. The SMILES string of the molecule is Cc1cc(-c2nccc(CO)n2)nc2ccccc12. The van der Waals surface area contributed by atoms with Gasteiger partial charge in [-0.05, 0) is 30.7 Å². The van der Waals surface area contributed by atoms with Crippen LogP contribution in [-0.2, 0) is 6.61 Å². The first-order valence-corrected chi connectivity index (χ1v) is 6.07. The van der Waals surface area contributed by atoms with Crippen molar-refractivity contribution in [2.24, 2.45) is 0 Å². The zero-order valence-electron chi connectivity index (χ0n) is 10.5. The maximum atomic E-state index is 9.12. The summed E-state index contributed by atoms with van der Waals surface area (Å²) >= 11 is 0. The highest BCUT2D eigenvalue weighted by atomic mass is 16.3. The fourth-order valence-corrected chi connectivity index (χ4v) is 2.07.